The highest BCUT2D eigenvalue weighted by atomic mass is 16.5. The first kappa shape index (κ1) is 17.7. The van der Waals surface area contributed by atoms with Gasteiger partial charge in [-0.25, -0.2) is 9.59 Å². The van der Waals surface area contributed by atoms with E-state index in [-0.39, 0.29) is 12.1 Å². The van der Waals surface area contributed by atoms with E-state index in [0.29, 0.717) is 16.9 Å². The van der Waals surface area contributed by atoms with Crippen LogP contribution in [0.3, 0.4) is 0 Å². The van der Waals surface area contributed by atoms with Crippen LogP contribution in [0, 0.1) is 0 Å². The molecule has 0 aliphatic carbocycles. The van der Waals surface area contributed by atoms with Crippen molar-refractivity contribution in [2.75, 3.05) is 0 Å². The summed E-state index contributed by atoms with van der Waals surface area (Å²) in [5, 5.41) is 0. The Labute approximate surface area is 142 Å². The SMILES string of the molecule is CCCC(CC)OC(=O)c1ccc(OC(=O)c2ccccc2)cc1. The van der Waals surface area contributed by atoms with E-state index < -0.39 is 5.97 Å². The van der Waals surface area contributed by atoms with Gasteiger partial charge in [-0.05, 0) is 49.2 Å². The second kappa shape index (κ2) is 8.87. The minimum atomic E-state index is -0.431. The molecule has 4 heteroatoms. The van der Waals surface area contributed by atoms with E-state index in [1.165, 1.54) is 0 Å². The van der Waals surface area contributed by atoms with Gasteiger partial charge in [-0.2, -0.15) is 0 Å². The number of carbonyl (C=O) groups excluding carboxylic acids is 2. The third-order valence-electron chi connectivity index (χ3n) is 3.65. The van der Waals surface area contributed by atoms with Crippen LogP contribution >= 0.6 is 0 Å². The van der Waals surface area contributed by atoms with Crippen LogP contribution < -0.4 is 4.74 Å². The largest absolute Gasteiger partial charge is 0.459 e. The summed E-state index contributed by atoms with van der Waals surface area (Å²) in [5.41, 5.74) is 0.926. The van der Waals surface area contributed by atoms with Crippen LogP contribution in [0.25, 0.3) is 0 Å². The molecule has 0 spiro atoms. The summed E-state index contributed by atoms with van der Waals surface area (Å²) in [6.45, 7) is 4.06. The molecule has 0 saturated carbocycles. The molecule has 0 bridgehead atoms. The van der Waals surface area contributed by atoms with Crippen LogP contribution in [-0.4, -0.2) is 18.0 Å². The predicted molar refractivity (Wildman–Crippen MR) is 92.2 cm³/mol. The molecule has 2 aromatic rings. The molecule has 1 unspecified atom stereocenters. The Bertz CT molecular complexity index is 662. The molecule has 0 aliphatic heterocycles. The van der Waals surface area contributed by atoms with E-state index in [2.05, 4.69) is 6.92 Å². The minimum absolute atomic E-state index is 0.0573. The van der Waals surface area contributed by atoms with Gasteiger partial charge in [0, 0.05) is 0 Å². The lowest BCUT2D eigenvalue weighted by Crippen LogP contribution is -2.17. The average molecular weight is 326 g/mol. The van der Waals surface area contributed by atoms with Crippen molar-refractivity contribution in [2.24, 2.45) is 0 Å². The molecule has 126 valence electrons. The first-order valence-corrected chi connectivity index (χ1v) is 8.22. The summed E-state index contributed by atoms with van der Waals surface area (Å²) in [6.07, 6.45) is 2.57. The van der Waals surface area contributed by atoms with Crippen LogP contribution in [0.5, 0.6) is 5.75 Å². The summed E-state index contributed by atoms with van der Waals surface area (Å²) in [6, 6.07) is 15.2. The van der Waals surface area contributed by atoms with E-state index in [4.69, 9.17) is 9.47 Å². The number of hydrogen-bond acceptors (Lipinski definition) is 4. The Morgan fingerprint density at radius 3 is 2.08 bits per heavy atom. The highest BCUT2D eigenvalue weighted by Crippen LogP contribution is 2.16. The number of esters is 2. The van der Waals surface area contributed by atoms with Crippen molar-refractivity contribution in [3.05, 3.63) is 65.7 Å². The van der Waals surface area contributed by atoms with Crippen molar-refractivity contribution in [1.29, 1.82) is 0 Å². The fourth-order valence-corrected chi connectivity index (χ4v) is 2.29. The molecule has 0 heterocycles. The average Bonchev–Trinajstić information content (AvgIpc) is 2.62. The topological polar surface area (TPSA) is 52.6 Å². The zero-order valence-corrected chi connectivity index (χ0v) is 14.0. The molecule has 0 aromatic heterocycles. The minimum Gasteiger partial charge on any atom is -0.459 e. The predicted octanol–water partition coefficient (Wildman–Crippen LogP) is 4.64. The molecule has 0 radical (unpaired) electrons. The van der Waals surface area contributed by atoms with E-state index >= 15 is 0 Å². The maximum Gasteiger partial charge on any atom is 0.343 e. The van der Waals surface area contributed by atoms with E-state index in [9.17, 15) is 9.59 Å². The second-order valence-electron chi connectivity index (χ2n) is 5.50. The van der Waals surface area contributed by atoms with Crippen LogP contribution in [-0.2, 0) is 4.74 Å². The van der Waals surface area contributed by atoms with Gasteiger partial charge in [0.2, 0.25) is 0 Å². The molecule has 1 atom stereocenters. The van der Waals surface area contributed by atoms with Crippen LogP contribution in [0.4, 0.5) is 0 Å². The van der Waals surface area contributed by atoms with Gasteiger partial charge in [-0.1, -0.05) is 38.5 Å². The second-order valence-corrected chi connectivity index (χ2v) is 5.50. The third kappa shape index (κ3) is 4.95. The molecule has 2 rings (SSSR count). The van der Waals surface area contributed by atoms with Gasteiger partial charge in [0.1, 0.15) is 11.9 Å². The summed E-state index contributed by atoms with van der Waals surface area (Å²) < 4.78 is 10.8. The Morgan fingerprint density at radius 2 is 1.50 bits per heavy atom. The summed E-state index contributed by atoms with van der Waals surface area (Å²) in [7, 11) is 0. The zero-order valence-electron chi connectivity index (χ0n) is 14.0. The van der Waals surface area contributed by atoms with Crippen molar-refractivity contribution in [1.82, 2.24) is 0 Å². The van der Waals surface area contributed by atoms with Gasteiger partial charge in [-0.15, -0.1) is 0 Å². The Hall–Kier alpha value is -2.62. The van der Waals surface area contributed by atoms with Crippen molar-refractivity contribution < 1.29 is 19.1 Å². The van der Waals surface area contributed by atoms with Gasteiger partial charge in [0.25, 0.3) is 0 Å². The number of carbonyl (C=O) groups is 2. The van der Waals surface area contributed by atoms with Crippen molar-refractivity contribution in [3.63, 3.8) is 0 Å². The van der Waals surface area contributed by atoms with E-state index in [0.717, 1.165) is 19.3 Å². The third-order valence-corrected chi connectivity index (χ3v) is 3.65. The lowest BCUT2D eigenvalue weighted by molar-refractivity contribution is 0.0271. The van der Waals surface area contributed by atoms with Gasteiger partial charge in [0.15, 0.2) is 0 Å². The quantitative estimate of drug-likeness (QED) is 0.549. The van der Waals surface area contributed by atoms with Crippen molar-refractivity contribution >= 4 is 11.9 Å². The van der Waals surface area contributed by atoms with Crippen molar-refractivity contribution in [3.8, 4) is 5.75 Å². The monoisotopic (exact) mass is 326 g/mol. The summed E-state index contributed by atoms with van der Waals surface area (Å²) in [4.78, 5) is 24.1. The standard InChI is InChI=1S/C20H22O4/c1-3-8-17(4-2)23-20(22)16-11-13-18(14-12-16)24-19(21)15-9-6-5-7-10-15/h5-7,9-14,17H,3-4,8H2,1-2H3. The van der Waals surface area contributed by atoms with Crippen LogP contribution in [0.1, 0.15) is 53.8 Å². The highest BCUT2D eigenvalue weighted by Gasteiger charge is 2.14. The van der Waals surface area contributed by atoms with Crippen LogP contribution in [0.2, 0.25) is 0 Å². The Balaban J connectivity index is 1.97. The first-order chi connectivity index (χ1) is 11.6. The Kier molecular flexibility index (Phi) is 6.55. The van der Waals surface area contributed by atoms with E-state index in [1.807, 2.05) is 13.0 Å². The van der Waals surface area contributed by atoms with Gasteiger partial charge in [0.05, 0.1) is 11.1 Å². The van der Waals surface area contributed by atoms with Crippen LogP contribution in [0.15, 0.2) is 54.6 Å². The molecule has 4 nitrogen and oxygen atoms in total. The fraction of sp³-hybridized carbons (Fsp3) is 0.300. The molecular formula is C20H22O4. The maximum absolute atomic E-state index is 12.1. The summed E-state index contributed by atoms with van der Waals surface area (Å²) >= 11 is 0. The smallest absolute Gasteiger partial charge is 0.343 e. The molecule has 0 fully saturated rings. The normalized spacial score (nSPS) is 11.6. The lowest BCUT2D eigenvalue weighted by Gasteiger charge is -2.15. The van der Waals surface area contributed by atoms with Gasteiger partial charge in [-0.3, -0.25) is 0 Å². The molecular weight excluding hydrogens is 304 g/mol. The highest BCUT2D eigenvalue weighted by molar-refractivity contribution is 5.92. The molecule has 2 aromatic carbocycles. The molecule has 24 heavy (non-hydrogen) atoms. The fourth-order valence-electron chi connectivity index (χ4n) is 2.29. The van der Waals surface area contributed by atoms with E-state index in [1.54, 1.807) is 48.5 Å². The first-order valence-electron chi connectivity index (χ1n) is 8.22. The lowest BCUT2D eigenvalue weighted by atomic mass is 10.1. The zero-order chi connectivity index (χ0) is 17.4. The number of benzene rings is 2. The van der Waals surface area contributed by atoms with Crippen molar-refractivity contribution in [2.45, 2.75) is 39.2 Å². The molecule has 0 amide bonds. The number of hydrogen-bond donors (Lipinski definition) is 0. The maximum atomic E-state index is 12.1. The molecule has 0 N–H and O–H groups in total. The van der Waals surface area contributed by atoms with Gasteiger partial charge >= 0.3 is 11.9 Å². The number of ether oxygens (including phenoxy) is 2. The Morgan fingerprint density at radius 1 is 0.875 bits per heavy atom. The van der Waals surface area contributed by atoms with Gasteiger partial charge < -0.3 is 9.47 Å². The summed E-state index contributed by atoms with van der Waals surface area (Å²) in [5.74, 6) is -0.392. The molecule has 0 aliphatic rings. The number of rotatable bonds is 7. The molecule has 0 saturated heterocycles.